The molecule has 1 rings (SSSR count). The number of benzene rings is 1. The van der Waals surface area contributed by atoms with E-state index in [1.807, 2.05) is 13.8 Å². The van der Waals surface area contributed by atoms with Crippen molar-refractivity contribution in [3.05, 3.63) is 33.9 Å². The smallest absolute Gasteiger partial charge is 0.0319 e. The van der Waals surface area contributed by atoms with E-state index >= 15 is 0 Å². The average molecular weight is 224 g/mol. The fourth-order valence-electron chi connectivity index (χ4n) is 1.66. The topological polar surface area (TPSA) is 20.2 Å². The lowest BCUT2D eigenvalue weighted by molar-refractivity contribution is 0.399. The highest BCUT2D eigenvalue weighted by molar-refractivity contribution is 5.43. The molecule has 0 aliphatic heterocycles. The molecule has 0 atom stereocenters. The quantitative estimate of drug-likeness (QED) is 0.761. The molecule has 0 unspecified atom stereocenters. The van der Waals surface area contributed by atoms with Gasteiger partial charge in [-0.25, -0.2) is 0 Å². The molecular weight excluding hydrogens is 196 g/mol. The van der Waals surface area contributed by atoms with Crippen LogP contribution in [0.4, 0.5) is 0 Å². The molecule has 0 saturated heterocycles. The van der Waals surface area contributed by atoms with Crippen LogP contribution in [-0.4, -0.2) is 12.2 Å². The highest BCUT2D eigenvalue weighted by Gasteiger charge is 2.04. The van der Waals surface area contributed by atoms with Gasteiger partial charge in [-0.3, -0.25) is 0 Å². The van der Waals surface area contributed by atoms with Crippen LogP contribution in [-0.2, 0) is 6.42 Å². The Morgan fingerprint density at radius 3 is 1.69 bits per heavy atom. The first kappa shape index (κ1) is 17.6. The Bertz CT molecular complexity index is 301. The summed E-state index contributed by atoms with van der Waals surface area (Å²) in [5.74, 6) is 0. The van der Waals surface area contributed by atoms with Crippen molar-refractivity contribution >= 4 is 0 Å². The maximum atomic E-state index is 7.00. The average Bonchev–Trinajstić information content (AvgIpc) is 2.36. The first-order valence-corrected chi connectivity index (χ1v) is 6.09. The molecule has 0 radical (unpaired) electrons. The van der Waals surface area contributed by atoms with E-state index in [0.717, 1.165) is 13.5 Å². The van der Waals surface area contributed by atoms with E-state index in [2.05, 4.69) is 40.7 Å². The standard InChI is InChI=1S/C12H18.C2H6.CH4O/c1-6-12-7-8(2)9(3)10(4)11(12)5;2*1-2/h7H,6H2,1-5H3;1-2H3;2H,1H3. The van der Waals surface area contributed by atoms with Crippen molar-refractivity contribution in [2.75, 3.05) is 7.11 Å². The summed E-state index contributed by atoms with van der Waals surface area (Å²) < 4.78 is 0. The number of hydrogen-bond acceptors (Lipinski definition) is 1. The van der Waals surface area contributed by atoms with E-state index in [-0.39, 0.29) is 0 Å². The zero-order chi connectivity index (χ0) is 13.3. The summed E-state index contributed by atoms with van der Waals surface area (Å²) in [6.07, 6.45) is 1.15. The molecule has 0 heterocycles. The first-order valence-electron chi connectivity index (χ1n) is 6.09. The van der Waals surface area contributed by atoms with Gasteiger partial charge in [0.15, 0.2) is 0 Å². The van der Waals surface area contributed by atoms with E-state index in [1.54, 1.807) is 0 Å². The number of aliphatic hydroxyl groups excluding tert-OH is 1. The molecular formula is C15H28O. The second-order valence-corrected chi connectivity index (χ2v) is 3.58. The van der Waals surface area contributed by atoms with Gasteiger partial charge in [-0.2, -0.15) is 0 Å². The van der Waals surface area contributed by atoms with Crippen LogP contribution in [0.25, 0.3) is 0 Å². The van der Waals surface area contributed by atoms with Crippen molar-refractivity contribution in [3.63, 3.8) is 0 Å². The van der Waals surface area contributed by atoms with E-state index < -0.39 is 0 Å². The summed E-state index contributed by atoms with van der Waals surface area (Å²) >= 11 is 0. The van der Waals surface area contributed by atoms with E-state index in [1.165, 1.54) is 27.8 Å². The van der Waals surface area contributed by atoms with Crippen LogP contribution in [0.5, 0.6) is 0 Å². The van der Waals surface area contributed by atoms with Crippen molar-refractivity contribution in [2.45, 2.75) is 54.9 Å². The monoisotopic (exact) mass is 224 g/mol. The molecule has 0 aliphatic rings. The molecule has 1 heteroatoms. The molecule has 0 fully saturated rings. The molecule has 0 saturated carbocycles. The van der Waals surface area contributed by atoms with Gasteiger partial charge in [0, 0.05) is 7.11 Å². The molecule has 0 aromatic heterocycles. The molecule has 1 aromatic rings. The SMILES string of the molecule is CC.CCc1cc(C)c(C)c(C)c1C.CO. The lowest BCUT2D eigenvalue weighted by Crippen LogP contribution is -1.96. The molecule has 0 aliphatic carbocycles. The Morgan fingerprint density at radius 1 is 0.875 bits per heavy atom. The van der Waals surface area contributed by atoms with E-state index in [0.29, 0.717) is 0 Å². The van der Waals surface area contributed by atoms with Crippen LogP contribution >= 0.6 is 0 Å². The maximum Gasteiger partial charge on any atom is 0.0319 e. The van der Waals surface area contributed by atoms with Crippen LogP contribution in [0.1, 0.15) is 48.6 Å². The van der Waals surface area contributed by atoms with Gasteiger partial charge in [0.2, 0.25) is 0 Å². The van der Waals surface area contributed by atoms with Crippen LogP contribution in [0.15, 0.2) is 6.07 Å². The maximum absolute atomic E-state index is 7.00. The van der Waals surface area contributed by atoms with Crippen molar-refractivity contribution in [1.29, 1.82) is 0 Å². The highest BCUT2D eigenvalue weighted by atomic mass is 16.2. The van der Waals surface area contributed by atoms with Gasteiger partial charge in [0.05, 0.1) is 0 Å². The van der Waals surface area contributed by atoms with Gasteiger partial charge in [-0.05, 0) is 61.9 Å². The lowest BCUT2D eigenvalue weighted by Gasteiger charge is -2.12. The van der Waals surface area contributed by atoms with E-state index in [4.69, 9.17) is 5.11 Å². The van der Waals surface area contributed by atoms with Gasteiger partial charge in [-0.15, -0.1) is 0 Å². The summed E-state index contributed by atoms with van der Waals surface area (Å²) in [6.45, 7) is 15.1. The van der Waals surface area contributed by atoms with Gasteiger partial charge >= 0.3 is 0 Å². The van der Waals surface area contributed by atoms with Gasteiger partial charge in [0.25, 0.3) is 0 Å². The Hall–Kier alpha value is -0.820. The Morgan fingerprint density at radius 2 is 1.31 bits per heavy atom. The Balaban J connectivity index is 0. The van der Waals surface area contributed by atoms with Crippen LogP contribution in [0.3, 0.4) is 0 Å². The third kappa shape index (κ3) is 4.36. The van der Waals surface area contributed by atoms with Crippen molar-refractivity contribution < 1.29 is 5.11 Å². The molecule has 0 spiro atoms. The third-order valence-electron chi connectivity index (χ3n) is 2.97. The zero-order valence-electron chi connectivity index (χ0n) is 12.2. The summed E-state index contributed by atoms with van der Waals surface area (Å²) in [7, 11) is 1.00. The molecule has 16 heavy (non-hydrogen) atoms. The molecule has 1 N–H and O–H groups in total. The summed E-state index contributed by atoms with van der Waals surface area (Å²) in [5.41, 5.74) is 7.31. The molecule has 94 valence electrons. The summed E-state index contributed by atoms with van der Waals surface area (Å²) in [5, 5.41) is 7.00. The minimum Gasteiger partial charge on any atom is -0.400 e. The zero-order valence-corrected chi connectivity index (χ0v) is 12.2. The molecule has 0 amide bonds. The van der Waals surface area contributed by atoms with Crippen molar-refractivity contribution in [3.8, 4) is 0 Å². The Labute approximate surface area is 102 Å². The van der Waals surface area contributed by atoms with E-state index in [9.17, 15) is 0 Å². The van der Waals surface area contributed by atoms with Crippen LogP contribution < -0.4 is 0 Å². The third-order valence-corrected chi connectivity index (χ3v) is 2.97. The van der Waals surface area contributed by atoms with Crippen molar-refractivity contribution in [2.24, 2.45) is 0 Å². The van der Waals surface area contributed by atoms with Gasteiger partial charge in [-0.1, -0.05) is 26.8 Å². The number of aryl methyl sites for hydroxylation is 2. The predicted octanol–water partition coefficient (Wildman–Crippen LogP) is 4.12. The highest BCUT2D eigenvalue weighted by Crippen LogP contribution is 2.21. The number of aliphatic hydroxyl groups is 1. The largest absolute Gasteiger partial charge is 0.400 e. The molecule has 0 bridgehead atoms. The normalized spacial score (nSPS) is 8.56. The number of hydrogen-bond donors (Lipinski definition) is 1. The molecule has 1 aromatic carbocycles. The second kappa shape index (κ2) is 9.41. The van der Waals surface area contributed by atoms with Crippen LogP contribution in [0, 0.1) is 27.7 Å². The second-order valence-electron chi connectivity index (χ2n) is 3.58. The fraction of sp³-hybridized carbons (Fsp3) is 0.600. The first-order chi connectivity index (χ1) is 7.57. The summed E-state index contributed by atoms with van der Waals surface area (Å²) in [6, 6.07) is 2.32. The van der Waals surface area contributed by atoms with Gasteiger partial charge in [0.1, 0.15) is 0 Å². The van der Waals surface area contributed by atoms with Crippen LogP contribution in [0.2, 0.25) is 0 Å². The Kier molecular flexibility index (Phi) is 10.3. The van der Waals surface area contributed by atoms with Crippen molar-refractivity contribution in [1.82, 2.24) is 0 Å². The summed E-state index contributed by atoms with van der Waals surface area (Å²) in [4.78, 5) is 0. The fourth-order valence-corrected chi connectivity index (χ4v) is 1.66. The number of rotatable bonds is 1. The molecule has 1 nitrogen and oxygen atoms in total. The minimum atomic E-state index is 1.00. The van der Waals surface area contributed by atoms with Gasteiger partial charge < -0.3 is 5.11 Å². The minimum absolute atomic E-state index is 1.00. The predicted molar refractivity (Wildman–Crippen MR) is 74.3 cm³/mol. The lowest BCUT2D eigenvalue weighted by atomic mass is 9.94.